The van der Waals surface area contributed by atoms with Gasteiger partial charge in [-0.3, -0.25) is 9.78 Å². The first-order chi connectivity index (χ1) is 11.0. The molecular weight excluding hydrogens is 335 g/mol. The zero-order valence-electron chi connectivity index (χ0n) is 12.3. The third-order valence-corrected chi connectivity index (χ3v) is 4.85. The van der Waals surface area contributed by atoms with Crippen LogP contribution in [0.2, 0.25) is 10.0 Å². The van der Waals surface area contributed by atoms with E-state index in [1.165, 1.54) is 0 Å². The number of hydrogen-bond donors (Lipinski definition) is 1. The summed E-state index contributed by atoms with van der Waals surface area (Å²) in [5.41, 5.74) is 1.59. The lowest BCUT2D eigenvalue weighted by Gasteiger charge is -2.16. The van der Waals surface area contributed by atoms with Crippen molar-refractivity contribution >= 4 is 29.1 Å². The van der Waals surface area contributed by atoms with Crippen LogP contribution < -0.4 is 0 Å². The van der Waals surface area contributed by atoms with E-state index in [-0.39, 0.29) is 11.8 Å². The lowest BCUT2D eigenvalue weighted by Crippen LogP contribution is -2.29. The summed E-state index contributed by atoms with van der Waals surface area (Å²) in [5, 5.41) is 11.0. The predicted octanol–water partition coefficient (Wildman–Crippen LogP) is 3.06. The standard InChI is InChI=1S/C17H16Cl2N2O2/c18-14-2-1-12(8-15(14)19)17(23)21-9-13(16(22)10-21)7-11-3-5-20-6-4-11/h1-6,8,13,16,22H,7,9-10H2/t13-,16-/m1/s1. The third kappa shape index (κ3) is 3.66. The minimum absolute atomic E-state index is 0.0177. The van der Waals surface area contributed by atoms with Gasteiger partial charge in [-0.25, -0.2) is 0 Å². The van der Waals surface area contributed by atoms with Gasteiger partial charge in [0.05, 0.1) is 16.1 Å². The third-order valence-electron chi connectivity index (χ3n) is 4.11. The normalized spacial score (nSPS) is 20.7. The fourth-order valence-corrected chi connectivity index (χ4v) is 3.15. The van der Waals surface area contributed by atoms with E-state index in [0.717, 1.165) is 12.0 Å². The smallest absolute Gasteiger partial charge is 0.254 e. The van der Waals surface area contributed by atoms with Gasteiger partial charge in [0.15, 0.2) is 0 Å². The number of benzene rings is 1. The number of carbonyl (C=O) groups is 1. The van der Waals surface area contributed by atoms with Crippen LogP contribution in [-0.4, -0.2) is 40.1 Å². The average molecular weight is 351 g/mol. The molecule has 1 N–H and O–H groups in total. The molecule has 1 aliphatic rings. The van der Waals surface area contributed by atoms with Crippen LogP contribution in [0, 0.1) is 5.92 Å². The van der Waals surface area contributed by atoms with Gasteiger partial charge in [0.2, 0.25) is 0 Å². The van der Waals surface area contributed by atoms with Gasteiger partial charge in [-0.05, 0) is 42.3 Å². The van der Waals surface area contributed by atoms with Crippen molar-refractivity contribution in [2.45, 2.75) is 12.5 Å². The largest absolute Gasteiger partial charge is 0.391 e. The molecule has 0 aliphatic carbocycles. The Hall–Kier alpha value is -1.62. The van der Waals surface area contributed by atoms with Gasteiger partial charge in [-0.1, -0.05) is 23.2 Å². The van der Waals surface area contributed by atoms with E-state index in [1.807, 2.05) is 12.1 Å². The summed E-state index contributed by atoms with van der Waals surface area (Å²) in [7, 11) is 0. The summed E-state index contributed by atoms with van der Waals surface area (Å²) in [6.45, 7) is 0.845. The molecule has 1 aromatic carbocycles. The van der Waals surface area contributed by atoms with Crippen molar-refractivity contribution in [3.8, 4) is 0 Å². The first-order valence-electron chi connectivity index (χ1n) is 7.36. The maximum atomic E-state index is 12.6. The number of nitrogens with zero attached hydrogens (tertiary/aromatic N) is 2. The first-order valence-corrected chi connectivity index (χ1v) is 8.11. The van der Waals surface area contributed by atoms with Crippen LogP contribution in [-0.2, 0) is 6.42 Å². The van der Waals surface area contributed by atoms with E-state index in [1.54, 1.807) is 35.5 Å². The number of aliphatic hydroxyl groups excluding tert-OH is 1. The topological polar surface area (TPSA) is 53.4 Å². The fourth-order valence-electron chi connectivity index (χ4n) is 2.85. The summed E-state index contributed by atoms with van der Waals surface area (Å²) >= 11 is 11.9. The zero-order chi connectivity index (χ0) is 16.4. The van der Waals surface area contributed by atoms with E-state index in [2.05, 4.69) is 4.98 Å². The molecular formula is C17H16Cl2N2O2. The average Bonchev–Trinajstić information content (AvgIpc) is 2.91. The molecule has 1 fully saturated rings. The Bertz CT molecular complexity index is 709. The molecule has 0 spiro atoms. The summed E-state index contributed by atoms with van der Waals surface area (Å²) in [6.07, 6.45) is 3.65. The molecule has 1 aliphatic heterocycles. The van der Waals surface area contributed by atoms with Crippen molar-refractivity contribution in [1.82, 2.24) is 9.88 Å². The summed E-state index contributed by atoms with van der Waals surface area (Å²) in [5.74, 6) is -0.121. The van der Waals surface area contributed by atoms with Crippen molar-refractivity contribution in [2.24, 2.45) is 5.92 Å². The number of aliphatic hydroxyl groups is 1. The summed E-state index contributed by atoms with van der Waals surface area (Å²) in [6, 6.07) is 8.68. The van der Waals surface area contributed by atoms with Gasteiger partial charge in [0, 0.05) is 37.0 Å². The van der Waals surface area contributed by atoms with Crippen LogP contribution >= 0.6 is 23.2 Å². The number of pyridine rings is 1. The predicted molar refractivity (Wildman–Crippen MR) is 89.8 cm³/mol. The molecule has 23 heavy (non-hydrogen) atoms. The van der Waals surface area contributed by atoms with Gasteiger partial charge < -0.3 is 10.0 Å². The molecule has 1 amide bonds. The molecule has 0 radical (unpaired) electrons. The Morgan fingerprint density at radius 1 is 1.17 bits per heavy atom. The van der Waals surface area contributed by atoms with Crippen LogP contribution in [0.3, 0.4) is 0 Å². The van der Waals surface area contributed by atoms with Crippen molar-refractivity contribution < 1.29 is 9.90 Å². The van der Waals surface area contributed by atoms with Crippen molar-refractivity contribution in [3.63, 3.8) is 0 Å². The quantitative estimate of drug-likeness (QED) is 0.925. The van der Waals surface area contributed by atoms with E-state index in [9.17, 15) is 9.90 Å². The Morgan fingerprint density at radius 3 is 2.61 bits per heavy atom. The highest BCUT2D eigenvalue weighted by molar-refractivity contribution is 6.42. The molecule has 120 valence electrons. The Labute approximate surface area is 144 Å². The number of carbonyl (C=O) groups excluding carboxylic acids is 1. The van der Waals surface area contributed by atoms with Gasteiger partial charge in [0.1, 0.15) is 0 Å². The molecule has 3 rings (SSSR count). The molecule has 2 heterocycles. The molecule has 6 heteroatoms. The molecule has 1 saturated heterocycles. The highest BCUT2D eigenvalue weighted by atomic mass is 35.5. The monoisotopic (exact) mass is 350 g/mol. The van der Waals surface area contributed by atoms with Crippen molar-refractivity contribution in [3.05, 3.63) is 63.9 Å². The number of halogens is 2. The van der Waals surface area contributed by atoms with Crippen LogP contribution in [0.1, 0.15) is 15.9 Å². The second-order valence-electron chi connectivity index (χ2n) is 5.73. The van der Waals surface area contributed by atoms with E-state index in [4.69, 9.17) is 23.2 Å². The van der Waals surface area contributed by atoms with Crippen molar-refractivity contribution in [2.75, 3.05) is 13.1 Å². The number of amides is 1. The number of hydrogen-bond acceptors (Lipinski definition) is 3. The van der Waals surface area contributed by atoms with E-state index >= 15 is 0 Å². The maximum Gasteiger partial charge on any atom is 0.254 e. The molecule has 2 atom stereocenters. The van der Waals surface area contributed by atoms with Crippen LogP contribution in [0.25, 0.3) is 0 Å². The lowest BCUT2D eigenvalue weighted by molar-refractivity contribution is 0.0764. The minimum Gasteiger partial charge on any atom is -0.391 e. The summed E-state index contributed by atoms with van der Waals surface area (Å²) < 4.78 is 0. The highest BCUT2D eigenvalue weighted by Crippen LogP contribution is 2.26. The zero-order valence-corrected chi connectivity index (χ0v) is 13.8. The van der Waals surface area contributed by atoms with Gasteiger partial charge in [-0.15, -0.1) is 0 Å². The Balaban J connectivity index is 1.70. The first kappa shape index (κ1) is 16.2. The molecule has 0 unspecified atom stereocenters. The van der Waals surface area contributed by atoms with Crippen LogP contribution in [0.5, 0.6) is 0 Å². The summed E-state index contributed by atoms with van der Waals surface area (Å²) in [4.78, 5) is 18.2. The number of likely N-dealkylation sites (tertiary alicyclic amines) is 1. The number of aromatic nitrogens is 1. The molecule has 0 bridgehead atoms. The van der Waals surface area contributed by atoms with Crippen LogP contribution in [0.4, 0.5) is 0 Å². The second kappa shape index (κ2) is 6.87. The van der Waals surface area contributed by atoms with E-state index < -0.39 is 6.10 Å². The van der Waals surface area contributed by atoms with Gasteiger partial charge in [0.25, 0.3) is 5.91 Å². The lowest BCUT2D eigenvalue weighted by atomic mass is 9.97. The molecule has 2 aromatic rings. The molecule has 4 nitrogen and oxygen atoms in total. The Kier molecular flexibility index (Phi) is 4.85. The van der Waals surface area contributed by atoms with Crippen LogP contribution in [0.15, 0.2) is 42.7 Å². The number of rotatable bonds is 3. The maximum absolute atomic E-state index is 12.6. The number of β-amino-alcohol motifs (C(OH)–C–C–N with tert-alkyl or cyclic N) is 1. The molecule has 1 aromatic heterocycles. The highest BCUT2D eigenvalue weighted by Gasteiger charge is 2.34. The SMILES string of the molecule is O=C(c1ccc(Cl)c(Cl)c1)N1C[C@@H](Cc2ccncc2)[C@H](O)C1. The van der Waals surface area contributed by atoms with Gasteiger partial charge >= 0.3 is 0 Å². The van der Waals surface area contributed by atoms with Crippen molar-refractivity contribution in [1.29, 1.82) is 0 Å². The fraction of sp³-hybridized carbons (Fsp3) is 0.294. The van der Waals surface area contributed by atoms with Gasteiger partial charge in [-0.2, -0.15) is 0 Å². The minimum atomic E-state index is -0.533. The Morgan fingerprint density at radius 2 is 1.91 bits per heavy atom. The van der Waals surface area contributed by atoms with E-state index in [0.29, 0.717) is 28.7 Å². The molecule has 0 saturated carbocycles. The second-order valence-corrected chi connectivity index (χ2v) is 6.54.